The number of anilines is 1. The maximum atomic E-state index is 12.3. The summed E-state index contributed by atoms with van der Waals surface area (Å²) in [6, 6.07) is 9.05. The summed E-state index contributed by atoms with van der Waals surface area (Å²) in [5.74, 6) is -2.97. The number of hydrogen-bond donors (Lipinski definition) is 1. The summed E-state index contributed by atoms with van der Waals surface area (Å²) in [4.78, 5) is 23.7. The van der Waals surface area contributed by atoms with Crippen molar-refractivity contribution in [1.82, 2.24) is 0 Å². The molecule has 106 valence electrons. The normalized spacial score (nSPS) is 25.7. The minimum Gasteiger partial charge on any atom is -0.550 e. The van der Waals surface area contributed by atoms with Crippen molar-refractivity contribution in [2.45, 2.75) is 20.3 Å². The molecule has 0 bridgehead atoms. The molecule has 1 amide bonds. The van der Waals surface area contributed by atoms with Crippen LogP contribution in [-0.4, -0.2) is 11.9 Å². The van der Waals surface area contributed by atoms with Crippen LogP contribution in [0.1, 0.15) is 20.3 Å². The van der Waals surface area contributed by atoms with E-state index < -0.39 is 17.8 Å². The van der Waals surface area contributed by atoms with Crippen LogP contribution in [0, 0.1) is 17.8 Å². The fourth-order valence-corrected chi connectivity index (χ4v) is 2.85. The van der Waals surface area contributed by atoms with Crippen molar-refractivity contribution in [3.8, 4) is 0 Å². The van der Waals surface area contributed by atoms with Gasteiger partial charge in [0, 0.05) is 17.6 Å². The van der Waals surface area contributed by atoms with Gasteiger partial charge in [-0.15, -0.1) is 0 Å². The van der Waals surface area contributed by atoms with E-state index in [1.807, 2.05) is 38.1 Å². The lowest BCUT2D eigenvalue weighted by Gasteiger charge is -2.34. The Kier molecular flexibility index (Phi) is 4.23. The molecular weight excluding hydrogens is 254 g/mol. The Balaban J connectivity index is 2.18. The molecule has 4 heteroatoms. The van der Waals surface area contributed by atoms with Gasteiger partial charge in [-0.25, -0.2) is 0 Å². The average Bonchev–Trinajstić information content (AvgIpc) is 2.38. The smallest absolute Gasteiger partial charge is 0.228 e. The van der Waals surface area contributed by atoms with Gasteiger partial charge in [-0.1, -0.05) is 36.8 Å². The van der Waals surface area contributed by atoms with E-state index in [4.69, 9.17) is 0 Å². The third-order valence-corrected chi connectivity index (χ3v) is 3.74. The SMILES string of the molecule is CC1=C[C@@H](C)[C@@H](C(=O)[O-])[C@H](C(=O)Nc2ccccc2)C1. The Bertz CT molecular complexity index is 536. The molecule has 1 aliphatic rings. The topological polar surface area (TPSA) is 69.2 Å². The van der Waals surface area contributed by atoms with Gasteiger partial charge in [-0.2, -0.15) is 0 Å². The minimum atomic E-state index is -1.16. The molecule has 0 aliphatic heterocycles. The lowest BCUT2D eigenvalue weighted by atomic mass is 9.73. The first-order valence-electron chi connectivity index (χ1n) is 6.73. The molecule has 1 aromatic rings. The van der Waals surface area contributed by atoms with Crippen LogP contribution >= 0.6 is 0 Å². The van der Waals surface area contributed by atoms with Crippen LogP contribution < -0.4 is 10.4 Å². The molecule has 20 heavy (non-hydrogen) atoms. The number of nitrogens with one attached hydrogen (secondary N) is 1. The molecule has 0 radical (unpaired) electrons. The van der Waals surface area contributed by atoms with Crippen LogP contribution in [-0.2, 0) is 9.59 Å². The van der Waals surface area contributed by atoms with Crippen LogP contribution in [0.5, 0.6) is 0 Å². The molecule has 0 fully saturated rings. The van der Waals surface area contributed by atoms with E-state index in [2.05, 4.69) is 5.32 Å². The third kappa shape index (κ3) is 3.07. The number of hydrogen-bond acceptors (Lipinski definition) is 3. The van der Waals surface area contributed by atoms with Gasteiger partial charge in [0.15, 0.2) is 0 Å². The minimum absolute atomic E-state index is 0.194. The molecule has 0 aromatic heterocycles. The molecule has 0 heterocycles. The quantitative estimate of drug-likeness (QED) is 0.850. The number of benzene rings is 1. The zero-order valence-electron chi connectivity index (χ0n) is 11.6. The maximum Gasteiger partial charge on any atom is 0.228 e. The van der Waals surface area contributed by atoms with Crippen molar-refractivity contribution < 1.29 is 14.7 Å². The van der Waals surface area contributed by atoms with Gasteiger partial charge in [0.25, 0.3) is 0 Å². The van der Waals surface area contributed by atoms with Crippen LogP contribution in [0.4, 0.5) is 5.69 Å². The molecule has 1 aromatic carbocycles. The summed E-state index contributed by atoms with van der Waals surface area (Å²) in [6.07, 6.45) is 2.37. The Morgan fingerprint density at radius 3 is 2.50 bits per heavy atom. The van der Waals surface area contributed by atoms with Crippen LogP contribution in [0.15, 0.2) is 42.0 Å². The van der Waals surface area contributed by atoms with Gasteiger partial charge in [0.2, 0.25) is 5.91 Å². The van der Waals surface area contributed by atoms with Crippen molar-refractivity contribution >= 4 is 17.6 Å². The summed E-state index contributed by atoms with van der Waals surface area (Å²) < 4.78 is 0. The standard InChI is InChI=1S/C16H19NO3/c1-10-8-11(2)14(16(19)20)13(9-10)15(18)17-12-6-4-3-5-7-12/h3-8,11,13-14H,9H2,1-2H3,(H,17,18)(H,19,20)/p-1/t11-,13-,14-/m1/s1. The number of aliphatic carboxylic acids is 1. The van der Waals surface area contributed by atoms with E-state index >= 15 is 0 Å². The first kappa shape index (κ1) is 14.3. The average molecular weight is 272 g/mol. The second-order valence-electron chi connectivity index (χ2n) is 5.38. The number of allylic oxidation sites excluding steroid dienone is 2. The van der Waals surface area contributed by atoms with E-state index in [9.17, 15) is 14.7 Å². The molecular formula is C16H18NO3-. The molecule has 0 spiro atoms. The van der Waals surface area contributed by atoms with Crippen molar-refractivity contribution in [2.75, 3.05) is 5.32 Å². The fraction of sp³-hybridized carbons (Fsp3) is 0.375. The number of carboxylic acid groups (broad SMARTS) is 1. The van der Waals surface area contributed by atoms with Gasteiger partial charge in [-0.3, -0.25) is 4.79 Å². The Morgan fingerprint density at radius 2 is 1.90 bits per heavy atom. The first-order valence-corrected chi connectivity index (χ1v) is 6.73. The molecule has 2 rings (SSSR count). The predicted molar refractivity (Wildman–Crippen MR) is 74.6 cm³/mol. The highest BCUT2D eigenvalue weighted by Gasteiger charge is 2.35. The van der Waals surface area contributed by atoms with Crippen molar-refractivity contribution in [2.24, 2.45) is 17.8 Å². The van der Waals surface area contributed by atoms with E-state index in [0.717, 1.165) is 5.57 Å². The Labute approximate surface area is 118 Å². The summed E-state index contributed by atoms with van der Waals surface area (Å²) >= 11 is 0. The number of amides is 1. The summed E-state index contributed by atoms with van der Waals surface area (Å²) in [6.45, 7) is 3.73. The number of carbonyl (C=O) groups excluding carboxylic acids is 2. The van der Waals surface area contributed by atoms with Crippen molar-refractivity contribution in [3.05, 3.63) is 42.0 Å². The second kappa shape index (κ2) is 5.90. The van der Waals surface area contributed by atoms with Crippen molar-refractivity contribution in [1.29, 1.82) is 0 Å². The van der Waals surface area contributed by atoms with Crippen LogP contribution in [0.3, 0.4) is 0 Å². The number of carbonyl (C=O) groups is 2. The largest absolute Gasteiger partial charge is 0.550 e. The lowest BCUT2D eigenvalue weighted by molar-refractivity contribution is -0.314. The predicted octanol–water partition coefficient (Wildman–Crippen LogP) is 1.59. The molecule has 3 atom stereocenters. The summed E-state index contributed by atoms with van der Waals surface area (Å²) in [5, 5.41) is 14.1. The molecule has 0 unspecified atom stereocenters. The fourth-order valence-electron chi connectivity index (χ4n) is 2.85. The van der Waals surface area contributed by atoms with Crippen molar-refractivity contribution in [3.63, 3.8) is 0 Å². The highest BCUT2D eigenvalue weighted by Crippen LogP contribution is 2.34. The summed E-state index contributed by atoms with van der Waals surface area (Å²) in [7, 11) is 0. The van der Waals surface area contributed by atoms with Gasteiger partial charge in [-0.05, 0) is 31.4 Å². The molecule has 0 saturated heterocycles. The number of rotatable bonds is 3. The third-order valence-electron chi connectivity index (χ3n) is 3.74. The zero-order valence-corrected chi connectivity index (χ0v) is 11.6. The number of para-hydroxylation sites is 1. The van der Waals surface area contributed by atoms with Gasteiger partial charge in [0.05, 0.1) is 5.92 Å². The highest BCUT2D eigenvalue weighted by molar-refractivity contribution is 5.95. The monoisotopic (exact) mass is 272 g/mol. The van der Waals surface area contributed by atoms with Gasteiger partial charge in [0.1, 0.15) is 0 Å². The zero-order chi connectivity index (χ0) is 14.7. The van der Waals surface area contributed by atoms with Gasteiger partial charge < -0.3 is 15.2 Å². The maximum absolute atomic E-state index is 12.3. The Hall–Kier alpha value is -2.10. The van der Waals surface area contributed by atoms with E-state index in [1.165, 1.54) is 0 Å². The van der Waals surface area contributed by atoms with E-state index in [-0.39, 0.29) is 11.8 Å². The molecule has 1 N–H and O–H groups in total. The molecule has 0 saturated carbocycles. The second-order valence-corrected chi connectivity index (χ2v) is 5.38. The summed E-state index contributed by atoms with van der Waals surface area (Å²) in [5.41, 5.74) is 1.72. The van der Waals surface area contributed by atoms with E-state index in [0.29, 0.717) is 12.1 Å². The number of carboxylic acids is 1. The first-order chi connectivity index (χ1) is 9.49. The van der Waals surface area contributed by atoms with Crippen LogP contribution in [0.25, 0.3) is 0 Å². The van der Waals surface area contributed by atoms with Gasteiger partial charge >= 0.3 is 0 Å². The highest BCUT2D eigenvalue weighted by atomic mass is 16.4. The Morgan fingerprint density at radius 1 is 1.25 bits per heavy atom. The molecule has 1 aliphatic carbocycles. The lowest BCUT2D eigenvalue weighted by Crippen LogP contribution is -2.45. The van der Waals surface area contributed by atoms with E-state index in [1.54, 1.807) is 12.1 Å². The van der Waals surface area contributed by atoms with Crippen LogP contribution in [0.2, 0.25) is 0 Å². The molecule has 4 nitrogen and oxygen atoms in total.